The van der Waals surface area contributed by atoms with E-state index in [2.05, 4.69) is 17.1 Å². The molecule has 2 rings (SSSR count). The first-order chi connectivity index (χ1) is 10.1. The predicted octanol–water partition coefficient (Wildman–Crippen LogP) is 1.81. The Labute approximate surface area is 128 Å². The Morgan fingerprint density at radius 1 is 1.29 bits per heavy atom. The summed E-state index contributed by atoms with van der Waals surface area (Å²) in [6.45, 7) is 8.52. The van der Waals surface area contributed by atoms with Crippen molar-refractivity contribution in [3.05, 3.63) is 29.8 Å². The molecule has 2 unspecified atom stereocenters. The predicted molar refractivity (Wildman–Crippen MR) is 85.8 cm³/mol. The maximum atomic E-state index is 9.96. The Morgan fingerprint density at radius 3 is 2.76 bits per heavy atom. The van der Waals surface area contributed by atoms with Crippen LogP contribution in [0.2, 0.25) is 0 Å². The Kier molecular flexibility index (Phi) is 6.49. The van der Waals surface area contributed by atoms with Gasteiger partial charge in [0.15, 0.2) is 0 Å². The van der Waals surface area contributed by atoms with E-state index in [1.165, 1.54) is 31.5 Å². The van der Waals surface area contributed by atoms with Crippen molar-refractivity contribution in [2.45, 2.75) is 38.8 Å². The van der Waals surface area contributed by atoms with Crippen molar-refractivity contribution in [3.63, 3.8) is 0 Å². The number of nitrogens with zero attached hydrogens (tertiary/aromatic N) is 1. The van der Waals surface area contributed by atoms with Gasteiger partial charge in [0.25, 0.3) is 0 Å². The number of aryl methyl sites for hydroxylation is 1. The molecule has 21 heavy (non-hydrogen) atoms. The lowest BCUT2D eigenvalue weighted by Gasteiger charge is -2.24. The number of nitrogens with one attached hydrogen (secondary N) is 1. The van der Waals surface area contributed by atoms with Crippen molar-refractivity contribution >= 4 is 0 Å². The van der Waals surface area contributed by atoms with Crippen molar-refractivity contribution in [1.82, 2.24) is 10.2 Å². The molecule has 2 atom stereocenters. The van der Waals surface area contributed by atoms with Gasteiger partial charge in [0, 0.05) is 19.1 Å². The van der Waals surface area contributed by atoms with Crippen LogP contribution in [0.25, 0.3) is 0 Å². The van der Waals surface area contributed by atoms with Gasteiger partial charge in [0.05, 0.1) is 0 Å². The molecule has 0 bridgehead atoms. The molecule has 1 fully saturated rings. The van der Waals surface area contributed by atoms with Gasteiger partial charge in [-0.1, -0.05) is 12.1 Å². The minimum Gasteiger partial charge on any atom is -0.491 e. The van der Waals surface area contributed by atoms with Gasteiger partial charge in [-0.05, 0) is 57.5 Å². The zero-order chi connectivity index (χ0) is 15.1. The number of aliphatic hydroxyl groups excluding tert-OH is 1. The fraction of sp³-hybridized carbons (Fsp3) is 0.647. The Balaban J connectivity index is 1.60. The average Bonchev–Trinajstić information content (AvgIpc) is 2.99. The van der Waals surface area contributed by atoms with Gasteiger partial charge in [-0.2, -0.15) is 0 Å². The molecular weight excluding hydrogens is 264 g/mol. The molecule has 0 amide bonds. The molecule has 1 aliphatic rings. The molecule has 0 aromatic heterocycles. The Hall–Kier alpha value is -1.10. The monoisotopic (exact) mass is 292 g/mol. The lowest BCUT2D eigenvalue weighted by Crippen LogP contribution is -2.41. The second kappa shape index (κ2) is 8.37. The van der Waals surface area contributed by atoms with Gasteiger partial charge in [-0.15, -0.1) is 0 Å². The summed E-state index contributed by atoms with van der Waals surface area (Å²) in [7, 11) is 0. The van der Waals surface area contributed by atoms with E-state index in [4.69, 9.17) is 4.74 Å². The van der Waals surface area contributed by atoms with E-state index in [1.54, 1.807) is 0 Å². The number of likely N-dealkylation sites (tertiary alicyclic amines) is 1. The van der Waals surface area contributed by atoms with Crippen molar-refractivity contribution in [1.29, 1.82) is 0 Å². The second-order valence-corrected chi connectivity index (χ2v) is 6.03. The van der Waals surface area contributed by atoms with Crippen LogP contribution in [0.3, 0.4) is 0 Å². The summed E-state index contributed by atoms with van der Waals surface area (Å²) in [5, 5.41) is 13.3. The smallest absolute Gasteiger partial charge is 0.119 e. The van der Waals surface area contributed by atoms with E-state index in [1.807, 2.05) is 31.2 Å². The minimum atomic E-state index is -0.476. The molecule has 0 radical (unpaired) electrons. The van der Waals surface area contributed by atoms with E-state index in [9.17, 15) is 5.11 Å². The summed E-state index contributed by atoms with van der Waals surface area (Å²) in [4.78, 5) is 2.50. The third kappa shape index (κ3) is 5.65. The number of rotatable bonds is 8. The molecule has 2 N–H and O–H groups in total. The van der Waals surface area contributed by atoms with E-state index >= 15 is 0 Å². The highest BCUT2D eigenvalue weighted by atomic mass is 16.5. The first-order valence-corrected chi connectivity index (χ1v) is 7.97. The second-order valence-electron chi connectivity index (χ2n) is 6.03. The molecule has 0 aliphatic carbocycles. The van der Waals surface area contributed by atoms with E-state index in [-0.39, 0.29) is 0 Å². The summed E-state index contributed by atoms with van der Waals surface area (Å²) in [6.07, 6.45) is 2.16. The lowest BCUT2D eigenvalue weighted by atomic mass is 10.2. The number of hydrogen-bond acceptors (Lipinski definition) is 4. The molecule has 1 saturated heterocycles. The van der Waals surface area contributed by atoms with Gasteiger partial charge in [-0.3, -0.25) is 4.90 Å². The maximum absolute atomic E-state index is 9.96. The zero-order valence-corrected chi connectivity index (χ0v) is 13.2. The maximum Gasteiger partial charge on any atom is 0.119 e. The molecule has 118 valence electrons. The van der Waals surface area contributed by atoms with Crippen LogP contribution in [0.5, 0.6) is 5.75 Å². The molecule has 1 aliphatic heterocycles. The minimum absolute atomic E-state index is 0.328. The third-order valence-electron chi connectivity index (χ3n) is 4.02. The highest BCUT2D eigenvalue weighted by molar-refractivity contribution is 5.27. The van der Waals surface area contributed by atoms with Crippen LogP contribution in [-0.2, 0) is 0 Å². The van der Waals surface area contributed by atoms with Crippen LogP contribution in [0.1, 0.15) is 25.3 Å². The number of benzene rings is 1. The van der Waals surface area contributed by atoms with Gasteiger partial charge in [-0.25, -0.2) is 0 Å². The van der Waals surface area contributed by atoms with E-state index in [0.717, 1.165) is 12.3 Å². The average molecular weight is 292 g/mol. The molecular formula is C17H28N2O2. The van der Waals surface area contributed by atoms with E-state index < -0.39 is 6.10 Å². The largest absolute Gasteiger partial charge is 0.491 e. The van der Waals surface area contributed by atoms with E-state index in [0.29, 0.717) is 19.2 Å². The molecule has 0 saturated carbocycles. The summed E-state index contributed by atoms with van der Waals surface area (Å²) in [6, 6.07) is 8.44. The molecule has 4 nitrogen and oxygen atoms in total. The summed E-state index contributed by atoms with van der Waals surface area (Å²) in [5.74, 6) is 0.819. The van der Waals surface area contributed by atoms with Gasteiger partial charge in [0.1, 0.15) is 18.5 Å². The number of aliphatic hydroxyl groups is 1. The topological polar surface area (TPSA) is 44.7 Å². The molecule has 0 spiro atoms. The number of ether oxygens (including phenoxy) is 1. The molecule has 1 aromatic carbocycles. The number of hydrogen-bond donors (Lipinski definition) is 2. The highest BCUT2D eigenvalue weighted by Gasteiger charge is 2.17. The zero-order valence-electron chi connectivity index (χ0n) is 13.2. The summed E-state index contributed by atoms with van der Waals surface area (Å²) >= 11 is 0. The summed E-state index contributed by atoms with van der Waals surface area (Å²) in [5.41, 5.74) is 1.17. The first kappa shape index (κ1) is 16.3. The van der Waals surface area contributed by atoms with Crippen LogP contribution in [0.4, 0.5) is 0 Å². The SMILES string of the molecule is Cc1cccc(OCC(O)CNCC(C)N2CCCC2)c1. The molecule has 1 aromatic rings. The van der Waals surface area contributed by atoms with Crippen LogP contribution >= 0.6 is 0 Å². The normalized spacial score (nSPS) is 18.6. The van der Waals surface area contributed by atoms with Crippen molar-refractivity contribution in [3.8, 4) is 5.75 Å². The standard InChI is InChI=1S/C17H28N2O2/c1-14-6-5-7-17(10-14)21-13-16(20)12-18-11-15(2)19-8-3-4-9-19/h5-7,10,15-16,18,20H,3-4,8-9,11-13H2,1-2H3. The molecule has 1 heterocycles. The van der Waals surface area contributed by atoms with Gasteiger partial charge in [0.2, 0.25) is 0 Å². The fourth-order valence-corrected chi connectivity index (χ4v) is 2.73. The van der Waals surface area contributed by atoms with Crippen molar-refractivity contribution in [2.75, 3.05) is 32.8 Å². The molecule has 4 heteroatoms. The Morgan fingerprint density at radius 2 is 2.05 bits per heavy atom. The highest BCUT2D eigenvalue weighted by Crippen LogP contribution is 2.12. The van der Waals surface area contributed by atoms with Crippen LogP contribution in [0.15, 0.2) is 24.3 Å². The van der Waals surface area contributed by atoms with Crippen molar-refractivity contribution < 1.29 is 9.84 Å². The van der Waals surface area contributed by atoms with Crippen LogP contribution < -0.4 is 10.1 Å². The van der Waals surface area contributed by atoms with Gasteiger partial charge < -0.3 is 15.2 Å². The first-order valence-electron chi connectivity index (χ1n) is 7.97. The Bertz CT molecular complexity index is 419. The van der Waals surface area contributed by atoms with Crippen LogP contribution in [-0.4, -0.2) is 54.9 Å². The van der Waals surface area contributed by atoms with Crippen molar-refractivity contribution in [2.24, 2.45) is 0 Å². The summed E-state index contributed by atoms with van der Waals surface area (Å²) < 4.78 is 5.61. The van der Waals surface area contributed by atoms with Gasteiger partial charge >= 0.3 is 0 Å². The lowest BCUT2D eigenvalue weighted by molar-refractivity contribution is 0.104. The quantitative estimate of drug-likeness (QED) is 0.767. The van der Waals surface area contributed by atoms with Crippen LogP contribution in [0, 0.1) is 6.92 Å². The fourth-order valence-electron chi connectivity index (χ4n) is 2.73. The third-order valence-corrected chi connectivity index (χ3v) is 4.02.